The molecule has 0 saturated carbocycles. The van der Waals surface area contributed by atoms with Crippen molar-refractivity contribution in [2.75, 3.05) is 10.6 Å². The van der Waals surface area contributed by atoms with E-state index in [1.54, 1.807) is 0 Å². The van der Waals surface area contributed by atoms with E-state index in [0.29, 0.717) is 22.1 Å². The van der Waals surface area contributed by atoms with Crippen molar-refractivity contribution in [3.05, 3.63) is 40.7 Å². The zero-order chi connectivity index (χ0) is 14.8. The first-order valence-electron chi connectivity index (χ1n) is 6.48. The SMILES string of the molecule is O=C(Nc1ccc(F)cc1)Nc1nc2c(s1)C(=O)CCC2. The fraction of sp³-hybridized carbons (Fsp3) is 0.214. The number of anilines is 2. The number of aryl methyl sites for hydroxylation is 1. The number of fused-ring (bicyclic) bond motifs is 1. The topological polar surface area (TPSA) is 71.1 Å². The molecule has 7 heteroatoms. The zero-order valence-electron chi connectivity index (χ0n) is 11.0. The highest BCUT2D eigenvalue weighted by molar-refractivity contribution is 7.17. The number of halogens is 1. The number of amides is 2. The molecule has 3 rings (SSSR count). The minimum Gasteiger partial charge on any atom is -0.308 e. The molecule has 5 nitrogen and oxygen atoms in total. The maximum Gasteiger partial charge on any atom is 0.325 e. The van der Waals surface area contributed by atoms with Crippen LogP contribution in [0.15, 0.2) is 24.3 Å². The minimum atomic E-state index is -0.472. The molecule has 0 spiro atoms. The highest BCUT2D eigenvalue weighted by atomic mass is 32.1. The molecule has 1 aromatic carbocycles. The predicted octanol–water partition coefficient (Wildman–Crippen LogP) is 3.45. The van der Waals surface area contributed by atoms with Crippen molar-refractivity contribution in [1.82, 2.24) is 4.98 Å². The quantitative estimate of drug-likeness (QED) is 0.892. The van der Waals surface area contributed by atoms with E-state index in [-0.39, 0.29) is 11.6 Å². The molecule has 1 aliphatic rings. The van der Waals surface area contributed by atoms with Gasteiger partial charge in [0.2, 0.25) is 0 Å². The minimum absolute atomic E-state index is 0.0840. The van der Waals surface area contributed by atoms with E-state index < -0.39 is 6.03 Å². The Labute approximate surface area is 124 Å². The van der Waals surface area contributed by atoms with E-state index >= 15 is 0 Å². The predicted molar refractivity (Wildman–Crippen MR) is 78.4 cm³/mol. The first-order chi connectivity index (χ1) is 10.1. The third kappa shape index (κ3) is 3.08. The van der Waals surface area contributed by atoms with Gasteiger partial charge in [-0.1, -0.05) is 11.3 Å². The van der Waals surface area contributed by atoms with Crippen LogP contribution in [0.2, 0.25) is 0 Å². The van der Waals surface area contributed by atoms with Crippen molar-refractivity contribution in [3.63, 3.8) is 0 Å². The van der Waals surface area contributed by atoms with Gasteiger partial charge in [0, 0.05) is 12.1 Å². The Morgan fingerprint density at radius 3 is 2.67 bits per heavy atom. The number of rotatable bonds is 2. The molecular weight excluding hydrogens is 293 g/mol. The second kappa shape index (κ2) is 5.61. The smallest absolute Gasteiger partial charge is 0.308 e. The molecule has 0 saturated heterocycles. The van der Waals surface area contributed by atoms with Crippen LogP contribution >= 0.6 is 11.3 Å². The van der Waals surface area contributed by atoms with Crippen LogP contribution < -0.4 is 10.6 Å². The maximum absolute atomic E-state index is 12.8. The van der Waals surface area contributed by atoms with Gasteiger partial charge in [0.1, 0.15) is 5.82 Å². The van der Waals surface area contributed by atoms with E-state index in [1.807, 2.05) is 0 Å². The number of hydrogen-bond acceptors (Lipinski definition) is 4. The molecule has 1 aliphatic carbocycles. The molecule has 1 heterocycles. The van der Waals surface area contributed by atoms with Crippen LogP contribution in [0.1, 0.15) is 28.2 Å². The number of nitrogens with zero attached hydrogens (tertiary/aromatic N) is 1. The van der Waals surface area contributed by atoms with E-state index in [0.717, 1.165) is 18.5 Å². The first-order valence-corrected chi connectivity index (χ1v) is 7.30. The van der Waals surface area contributed by atoms with Crippen LogP contribution in [0.5, 0.6) is 0 Å². The number of carbonyl (C=O) groups is 2. The molecule has 2 aromatic rings. The van der Waals surface area contributed by atoms with Crippen LogP contribution in [0.25, 0.3) is 0 Å². The summed E-state index contributed by atoms with van der Waals surface area (Å²) in [7, 11) is 0. The fourth-order valence-electron chi connectivity index (χ4n) is 2.12. The van der Waals surface area contributed by atoms with Crippen LogP contribution in [0.3, 0.4) is 0 Å². The molecule has 0 fully saturated rings. The molecule has 108 valence electrons. The third-order valence-corrected chi connectivity index (χ3v) is 4.14. The highest BCUT2D eigenvalue weighted by Gasteiger charge is 2.22. The molecule has 0 atom stereocenters. The summed E-state index contributed by atoms with van der Waals surface area (Å²) in [6.45, 7) is 0. The van der Waals surface area contributed by atoms with Crippen molar-refractivity contribution < 1.29 is 14.0 Å². The number of Topliss-reactive ketones (excluding diaryl/α,β-unsaturated/α-hetero) is 1. The van der Waals surface area contributed by atoms with Crippen molar-refractivity contribution >= 4 is 34.0 Å². The summed E-state index contributed by atoms with van der Waals surface area (Å²) in [6.07, 6.45) is 2.10. The number of hydrogen-bond donors (Lipinski definition) is 2. The van der Waals surface area contributed by atoms with E-state index in [1.165, 1.54) is 35.6 Å². The van der Waals surface area contributed by atoms with Crippen molar-refractivity contribution in [3.8, 4) is 0 Å². The van der Waals surface area contributed by atoms with Crippen molar-refractivity contribution in [2.45, 2.75) is 19.3 Å². The Morgan fingerprint density at radius 2 is 1.95 bits per heavy atom. The first kappa shape index (κ1) is 13.7. The fourth-order valence-corrected chi connectivity index (χ4v) is 3.09. The van der Waals surface area contributed by atoms with E-state index in [9.17, 15) is 14.0 Å². The summed E-state index contributed by atoms with van der Waals surface area (Å²) in [6, 6.07) is 4.98. The molecule has 0 bridgehead atoms. The Balaban J connectivity index is 1.67. The molecule has 1 aromatic heterocycles. The summed E-state index contributed by atoms with van der Waals surface area (Å²) >= 11 is 1.19. The van der Waals surface area contributed by atoms with Gasteiger partial charge in [-0.3, -0.25) is 10.1 Å². The molecule has 0 radical (unpaired) electrons. The summed E-state index contributed by atoms with van der Waals surface area (Å²) in [5.74, 6) is -0.284. The van der Waals surface area contributed by atoms with Gasteiger partial charge in [-0.2, -0.15) is 0 Å². The van der Waals surface area contributed by atoms with E-state index in [2.05, 4.69) is 15.6 Å². The van der Waals surface area contributed by atoms with Crippen molar-refractivity contribution in [1.29, 1.82) is 0 Å². The van der Waals surface area contributed by atoms with Gasteiger partial charge < -0.3 is 5.32 Å². The van der Waals surface area contributed by atoms with Gasteiger partial charge in [0.25, 0.3) is 0 Å². The molecule has 0 unspecified atom stereocenters. The number of carbonyl (C=O) groups excluding carboxylic acids is 2. The summed E-state index contributed by atoms with van der Waals surface area (Å²) in [5.41, 5.74) is 1.24. The van der Waals surface area contributed by atoms with Crippen LogP contribution in [-0.4, -0.2) is 16.8 Å². The lowest BCUT2D eigenvalue weighted by atomic mass is 10.0. The Hall–Kier alpha value is -2.28. The largest absolute Gasteiger partial charge is 0.325 e. The number of urea groups is 1. The number of thiazole rings is 1. The molecular formula is C14H12FN3O2S. The zero-order valence-corrected chi connectivity index (χ0v) is 11.8. The summed E-state index contributed by atoms with van der Waals surface area (Å²) in [5, 5.41) is 5.57. The van der Waals surface area contributed by atoms with Crippen LogP contribution in [0.4, 0.5) is 20.0 Å². The van der Waals surface area contributed by atoms with E-state index in [4.69, 9.17) is 0 Å². The maximum atomic E-state index is 12.8. The van der Waals surface area contributed by atoms with Gasteiger partial charge in [-0.15, -0.1) is 0 Å². The second-order valence-electron chi connectivity index (χ2n) is 4.66. The average Bonchev–Trinajstić information content (AvgIpc) is 2.85. The summed E-state index contributed by atoms with van der Waals surface area (Å²) < 4.78 is 12.8. The third-order valence-electron chi connectivity index (χ3n) is 3.09. The Morgan fingerprint density at radius 1 is 1.19 bits per heavy atom. The van der Waals surface area contributed by atoms with Gasteiger partial charge >= 0.3 is 6.03 Å². The standard InChI is InChI=1S/C14H12FN3O2S/c15-8-4-6-9(7-5-8)16-13(20)18-14-17-10-2-1-3-11(19)12(10)21-14/h4-7H,1-3H2,(H2,16,17,18,20). The van der Waals surface area contributed by atoms with Gasteiger partial charge in [-0.05, 0) is 37.1 Å². The molecule has 2 amide bonds. The van der Waals surface area contributed by atoms with Crippen LogP contribution in [-0.2, 0) is 6.42 Å². The summed E-state index contributed by atoms with van der Waals surface area (Å²) in [4.78, 5) is 28.4. The van der Waals surface area contributed by atoms with Gasteiger partial charge in [0.05, 0.1) is 10.6 Å². The lowest BCUT2D eigenvalue weighted by Gasteiger charge is -2.05. The average molecular weight is 305 g/mol. The van der Waals surface area contributed by atoms with Crippen molar-refractivity contribution in [2.24, 2.45) is 0 Å². The monoisotopic (exact) mass is 305 g/mol. The van der Waals surface area contributed by atoms with Gasteiger partial charge in [-0.25, -0.2) is 14.2 Å². The lowest BCUT2D eigenvalue weighted by molar-refractivity contribution is 0.0976. The second-order valence-corrected chi connectivity index (χ2v) is 5.66. The lowest BCUT2D eigenvalue weighted by Crippen LogP contribution is -2.19. The number of benzene rings is 1. The Bertz CT molecular complexity index is 697. The van der Waals surface area contributed by atoms with Crippen LogP contribution in [0, 0.1) is 5.82 Å². The molecule has 2 N–H and O–H groups in total. The molecule has 0 aliphatic heterocycles. The normalized spacial score (nSPS) is 13.7. The highest BCUT2D eigenvalue weighted by Crippen LogP contribution is 2.29. The van der Waals surface area contributed by atoms with Gasteiger partial charge in [0.15, 0.2) is 10.9 Å². The number of nitrogens with one attached hydrogen (secondary N) is 2. The number of ketones is 1. The molecule has 21 heavy (non-hydrogen) atoms. The Kier molecular flexibility index (Phi) is 3.66. The number of aromatic nitrogens is 1.